The van der Waals surface area contributed by atoms with Crippen LogP contribution in [-0.2, 0) is 10.0 Å². The standard InChI is InChI=1S/C7H18N2O3S/c1-3-7(6(2)10)9-13(11,12)5-4-8/h6-7,9-10H,3-5,8H2,1-2H3. The molecule has 0 heterocycles. The lowest BCUT2D eigenvalue weighted by atomic mass is 10.1. The van der Waals surface area contributed by atoms with Crippen molar-refractivity contribution in [1.82, 2.24) is 4.72 Å². The number of sulfonamides is 1. The van der Waals surface area contributed by atoms with Crippen molar-refractivity contribution in [3.63, 3.8) is 0 Å². The summed E-state index contributed by atoms with van der Waals surface area (Å²) in [5.41, 5.74) is 5.13. The van der Waals surface area contributed by atoms with Gasteiger partial charge < -0.3 is 10.8 Å². The predicted octanol–water partition coefficient (Wildman–Crippen LogP) is -0.976. The number of aliphatic hydroxyl groups excluding tert-OH is 1. The van der Waals surface area contributed by atoms with Gasteiger partial charge in [-0.15, -0.1) is 0 Å². The molecule has 0 saturated heterocycles. The minimum absolute atomic E-state index is 0.0889. The van der Waals surface area contributed by atoms with Crippen LogP contribution in [0, 0.1) is 0 Å². The Labute approximate surface area is 79.4 Å². The van der Waals surface area contributed by atoms with E-state index in [-0.39, 0.29) is 12.3 Å². The Kier molecular flexibility index (Phi) is 5.46. The number of nitrogens with two attached hydrogens (primary N) is 1. The number of rotatable bonds is 6. The van der Waals surface area contributed by atoms with Gasteiger partial charge in [-0.1, -0.05) is 6.92 Å². The number of hydrogen-bond acceptors (Lipinski definition) is 4. The summed E-state index contributed by atoms with van der Waals surface area (Å²) >= 11 is 0. The Morgan fingerprint density at radius 1 is 1.54 bits per heavy atom. The molecule has 0 aromatic carbocycles. The minimum Gasteiger partial charge on any atom is -0.392 e. The first-order chi connectivity index (χ1) is 5.93. The largest absolute Gasteiger partial charge is 0.392 e. The van der Waals surface area contributed by atoms with Crippen LogP contribution in [0.5, 0.6) is 0 Å². The van der Waals surface area contributed by atoms with Crippen LogP contribution >= 0.6 is 0 Å². The Morgan fingerprint density at radius 2 is 2.08 bits per heavy atom. The molecule has 13 heavy (non-hydrogen) atoms. The van der Waals surface area contributed by atoms with E-state index >= 15 is 0 Å². The van der Waals surface area contributed by atoms with Gasteiger partial charge in [-0.25, -0.2) is 13.1 Å². The average molecular weight is 210 g/mol. The zero-order valence-electron chi connectivity index (χ0n) is 8.03. The summed E-state index contributed by atoms with van der Waals surface area (Å²) in [6.07, 6.45) is -0.126. The van der Waals surface area contributed by atoms with E-state index in [1.165, 1.54) is 0 Å². The van der Waals surface area contributed by atoms with Crippen LogP contribution in [-0.4, -0.2) is 38.0 Å². The zero-order valence-corrected chi connectivity index (χ0v) is 8.84. The summed E-state index contributed by atoms with van der Waals surface area (Å²) < 4.78 is 24.8. The molecule has 0 saturated carbocycles. The summed E-state index contributed by atoms with van der Waals surface area (Å²) in [6.45, 7) is 3.45. The van der Waals surface area contributed by atoms with E-state index in [1.54, 1.807) is 6.92 Å². The fourth-order valence-electron chi connectivity index (χ4n) is 0.968. The van der Waals surface area contributed by atoms with Crippen molar-refractivity contribution in [2.75, 3.05) is 12.3 Å². The zero-order chi connectivity index (χ0) is 10.5. The molecule has 4 N–H and O–H groups in total. The van der Waals surface area contributed by atoms with Crippen molar-refractivity contribution in [3.8, 4) is 0 Å². The monoisotopic (exact) mass is 210 g/mol. The molecule has 0 radical (unpaired) electrons. The second-order valence-corrected chi connectivity index (χ2v) is 4.85. The van der Waals surface area contributed by atoms with E-state index in [0.717, 1.165) is 0 Å². The van der Waals surface area contributed by atoms with Gasteiger partial charge in [-0.3, -0.25) is 0 Å². The molecule has 2 atom stereocenters. The Bertz CT molecular complexity index is 226. The van der Waals surface area contributed by atoms with Gasteiger partial charge in [0.2, 0.25) is 10.0 Å². The fourth-order valence-corrected chi connectivity index (χ4v) is 2.22. The smallest absolute Gasteiger partial charge is 0.213 e. The van der Waals surface area contributed by atoms with Gasteiger partial charge in [0.05, 0.1) is 11.9 Å². The van der Waals surface area contributed by atoms with Crippen LogP contribution in [0.2, 0.25) is 0 Å². The third kappa shape index (κ3) is 5.20. The molecule has 0 aromatic heterocycles. The molecule has 0 aromatic rings. The van der Waals surface area contributed by atoms with Crippen molar-refractivity contribution in [3.05, 3.63) is 0 Å². The first-order valence-electron chi connectivity index (χ1n) is 4.31. The molecule has 0 aliphatic rings. The van der Waals surface area contributed by atoms with Crippen LogP contribution < -0.4 is 10.5 Å². The van der Waals surface area contributed by atoms with Gasteiger partial charge in [0, 0.05) is 12.6 Å². The van der Waals surface area contributed by atoms with Gasteiger partial charge in [-0.2, -0.15) is 0 Å². The van der Waals surface area contributed by atoms with Gasteiger partial charge in [0.15, 0.2) is 0 Å². The first-order valence-corrected chi connectivity index (χ1v) is 5.96. The van der Waals surface area contributed by atoms with Gasteiger partial charge in [-0.05, 0) is 13.3 Å². The SMILES string of the molecule is CCC(NS(=O)(=O)CCN)C(C)O. The summed E-state index contributed by atoms with van der Waals surface area (Å²) in [5, 5.41) is 9.19. The molecule has 0 spiro atoms. The Hall–Kier alpha value is -0.170. The van der Waals surface area contributed by atoms with Crippen LogP contribution in [0.1, 0.15) is 20.3 Å². The highest BCUT2D eigenvalue weighted by Crippen LogP contribution is 2.00. The summed E-state index contributed by atoms with van der Waals surface area (Å²) in [4.78, 5) is 0. The van der Waals surface area contributed by atoms with Crippen molar-refractivity contribution in [2.24, 2.45) is 5.73 Å². The van der Waals surface area contributed by atoms with E-state index in [1.807, 2.05) is 6.92 Å². The lowest BCUT2D eigenvalue weighted by molar-refractivity contribution is 0.154. The quantitative estimate of drug-likeness (QED) is 0.525. The summed E-state index contributed by atoms with van der Waals surface area (Å²) in [6, 6.07) is -0.420. The van der Waals surface area contributed by atoms with Crippen LogP contribution in [0.3, 0.4) is 0 Å². The third-order valence-electron chi connectivity index (χ3n) is 1.74. The molecular weight excluding hydrogens is 192 g/mol. The lowest BCUT2D eigenvalue weighted by Gasteiger charge is -2.19. The molecule has 2 unspecified atom stereocenters. The van der Waals surface area contributed by atoms with Crippen molar-refractivity contribution < 1.29 is 13.5 Å². The molecule has 6 heteroatoms. The molecular formula is C7H18N2O3S. The lowest BCUT2D eigenvalue weighted by Crippen LogP contribution is -2.43. The number of nitrogens with one attached hydrogen (secondary N) is 1. The average Bonchev–Trinajstić information content (AvgIpc) is 1.99. The molecule has 0 fully saturated rings. The van der Waals surface area contributed by atoms with E-state index in [4.69, 9.17) is 5.73 Å². The maximum absolute atomic E-state index is 11.2. The maximum Gasteiger partial charge on any atom is 0.213 e. The molecule has 5 nitrogen and oxygen atoms in total. The Balaban J connectivity index is 4.23. The van der Waals surface area contributed by atoms with E-state index in [2.05, 4.69) is 4.72 Å². The summed E-state index contributed by atoms with van der Waals surface area (Å²) in [7, 11) is -3.32. The highest BCUT2D eigenvalue weighted by Gasteiger charge is 2.19. The predicted molar refractivity (Wildman–Crippen MR) is 51.7 cm³/mol. The molecule has 0 aliphatic carbocycles. The van der Waals surface area contributed by atoms with Crippen LogP contribution in [0.25, 0.3) is 0 Å². The van der Waals surface area contributed by atoms with E-state index in [9.17, 15) is 13.5 Å². The van der Waals surface area contributed by atoms with Crippen molar-refractivity contribution in [1.29, 1.82) is 0 Å². The minimum atomic E-state index is -3.32. The van der Waals surface area contributed by atoms with Gasteiger partial charge >= 0.3 is 0 Å². The molecule has 0 amide bonds. The molecule has 0 bridgehead atoms. The van der Waals surface area contributed by atoms with Gasteiger partial charge in [0.25, 0.3) is 0 Å². The molecule has 0 rings (SSSR count). The first kappa shape index (κ1) is 12.8. The highest BCUT2D eigenvalue weighted by molar-refractivity contribution is 7.89. The normalized spacial score (nSPS) is 16.9. The fraction of sp³-hybridized carbons (Fsp3) is 1.00. The highest BCUT2D eigenvalue weighted by atomic mass is 32.2. The van der Waals surface area contributed by atoms with Crippen LogP contribution in [0.4, 0.5) is 0 Å². The van der Waals surface area contributed by atoms with Crippen LogP contribution in [0.15, 0.2) is 0 Å². The van der Waals surface area contributed by atoms with Crippen molar-refractivity contribution in [2.45, 2.75) is 32.4 Å². The molecule has 0 aliphatic heterocycles. The maximum atomic E-state index is 11.2. The topological polar surface area (TPSA) is 92.4 Å². The van der Waals surface area contributed by atoms with E-state index < -0.39 is 22.2 Å². The van der Waals surface area contributed by atoms with Gasteiger partial charge in [0.1, 0.15) is 0 Å². The third-order valence-corrected chi connectivity index (χ3v) is 3.17. The van der Waals surface area contributed by atoms with Crippen molar-refractivity contribution >= 4 is 10.0 Å². The second-order valence-electron chi connectivity index (χ2n) is 2.98. The number of hydrogen-bond donors (Lipinski definition) is 3. The summed E-state index contributed by atoms with van der Waals surface area (Å²) in [5.74, 6) is -0.101. The van der Waals surface area contributed by atoms with E-state index in [0.29, 0.717) is 6.42 Å². The number of aliphatic hydroxyl groups is 1. The molecule has 80 valence electrons. The second kappa shape index (κ2) is 5.54. The Morgan fingerprint density at radius 3 is 2.38 bits per heavy atom.